The van der Waals surface area contributed by atoms with E-state index in [2.05, 4.69) is 44.8 Å². The van der Waals surface area contributed by atoms with Crippen LogP contribution in [0.25, 0.3) is 11.3 Å². The van der Waals surface area contributed by atoms with Crippen LogP contribution in [0.3, 0.4) is 0 Å². The Bertz CT molecular complexity index is 1510. The number of nitrogens with two attached hydrogens (primary N) is 1. The summed E-state index contributed by atoms with van der Waals surface area (Å²) in [5, 5.41) is 28.2. The second kappa shape index (κ2) is 10.9. The second-order valence-electron chi connectivity index (χ2n) is 10.2. The van der Waals surface area contributed by atoms with Gasteiger partial charge in [0.25, 0.3) is 5.92 Å². The van der Waals surface area contributed by atoms with Gasteiger partial charge in [-0.05, 0) is 56.5 Å². The lowest BCUT2D eigenvalue weighted by molar-refractivity contribution is -0.171. The molecule has 2 aliphatic heterocycles. The number of rotatable bonds is 4. The van der Waals surface area contributed by atoms with Crippen LogP contribution >= 0.6 is 0 Å². The average molecular weight is 545 g/mol. The smallest absolute Gasteiger partial charge is 0.275 e. The Morgan fingerprint density at radius 2 is 1.93 bits per heavy atom. The zero-order valence-corrected chi connectivity index (χ0v) is 22.3. The van der Waals surface area contributed by atoms with E-state index in [1.807, 2.05) is 18.2 Å². The summed E-state index contributed by atoms with van der Waals surface area (Å²) >= 11 is 0. The molecule has 2 aliphatic rings. The van der Waals surface area contributed by atoms with E-state index >= 15 is 0 Å². The molecular formula is C29H30F2N8O. The van der Waals surface area contributed by atoms with Crippen LogP contribution in [0.5, 0.6) is 5.75 Å². The van der Waals surface area contributed by atoms with Crippen LogP contribution in [-0.4, -0.2) is 75.9 Å². The van der Waals surface area contributed by atoms with Crippen LogP contribution in [0.2, 0.25) is 0 Å². The summed E-state index contributed by atoms with van der Waals surface area (Å²) in [6.45, 7) is 5.44. The Morgan fingerprint density at radius 1 is 1.12 bits per heavy atom. The molecule has 0 bridgehead atoms. The van der Waals surface area contributed by atoms with Gasteiger partial charge in [-0.15, -0.1) is 10.2 Å². The van der Waals surface area contributed by atoms with Gasteiger partial charge in [-0.3, -0.25) is 4.90 Å². The monoisotopic (exact) mass is 544 g/mol. The molecule has 0 amide bonds. The summed E-state index contributed by atoms with van der Waals surface area (Å²) in [6.07, 6.45) is 0.803. The Balaban J connectivity index is 1.34. The quantitative estimate of drug-likeness (QED) is 0.476. The van der Waals surface area contributed by atoms with Crippen LogP contribution in [0.1, 0.15) is 31.5 Å². The number of likely N-dealkylation sites (tertiary alicyclic amines) is 1. The fraction of sp³-hybridized carbons (Fsp3) is 0.379. The third-order valence-corrected chi connectivity index (χ3v) is 7.64. The predicted octanol–water partition coefficient (Wildman–Crippen LogP) is 3.49. The van der Waals surface area contributed by atoms with Crippen molar-refractivity contribution in [3.8, 4) is 34.9 Å². The Kier molecular flexibility index (Phi) is 7.42. The Morgan fingerprint density at radius 3 is 2.65 bits per heavy atom. The third-order valence-electron chi connectivity index (χ3n) is 7.64. The summed E-state index contributed by atoms with van der Waals surface area (Å²) in [7, 11) is 0. The number of phenols is 1. The molecule has 3 aromatic rings. The summed E-state index contributed by atoms with van der Waals surface area (Å²) in [5.74, 6) is 4.28. The first-order valence-electron chi connectivity index (χ1n) is 13.1. The highest BCUT2D eigenvalue weighted by atomic mass is 19.3. The van der Waals surface area contributed by atoms with E-state index in [-0.39, 0.29) is 24.9 Å². The molecule has 206 valence electrons. The lowest BCUT2D eigenvalue weighted by Gasteiger charge is -2.44. The number of pyridine rings is 1. The van der Waals surface area contributed by atoms with Gasteiger partial charge >= 0.3 is 0 Å². The number of hydrogen-bond donors (Lipinski definition) is 2. The molecular weight excluding hydrogens is 514 g/mol. The number of phenolic OH excluding ortho intramolecular Hbond substituents is 1. The van der Waals surface area contributed by atoms with E-state index < -0.39 is 12.0 Å². The van der Waals surface area contributed by atoms with Crippen LogP contribution in [-0.2, 0) is 0 Å². The highest BCUT2D eigenvalue weighted by Gasteiger charge is 2.51. The van der Waals surface area contributed by atoms with Crippen molar-refractivity contribution in [3.63, 3.8) is 0 Å². The summed E-state index contributed by atoms with van der Waals surface area (Å²) < 4.78 is 26.9. The van der Waals surface area contributed by atoms with E-state index in [1.54, 1.807) is 29.2 Å². The molecule has 0 saturated carbocycles. The molecule has 40 heavy (non-hydrogen) atoms. The van der Waals surface area contributed by atoms with Crippen LogP contribution in [0, 0.1) is 23.2 Å². The largest absolute Gasteiger partial charge is 0.507 e. The van der Waals surface area contributed by atoms with Gasteiger partial charge in [0.1, 0.15) is 23.3 Å². The number of benzene rings is 1. The van der Waals surface area contributed by atoms with Crippen molar-refractivity contribution in [1.82, 2.24) is 20.1 Å². The van der Waals surface area contributed by atoms with E-state index in [0.717, 1.165) is 18.7 Å². The molecule has 0 unspecified atom stereocenters. The van der Waals surface area contributed by atoms with Crippen LogP contribution in [0.15, 0.2) is 42.5 Å². The number of halogens is 2. The number of para-hydroxylation sites is 1. The highest BCUT2D eigenvalue weighted by Crippen LogP contribution is 2.34. The van der Waals surface area contributed by atoms with Crippen molar-refractivity contribution >= 4 is 17.3 Å². The van der Waals surface area contributed by atoms with Crippen molar-refractivity contribution in [2.45, 2.75) is 38.3 Å². The predicted molar refractivity (Wildman–Crippen MR) is 149 cm³/mol. The molecule has 0 aliphatic carbocycles. The number of aromatic nitrogens is 3. The molecule has 2 aromatic heterocycles. The van der Waals surface area contributed by atoms with Gasteiger partial charge in [-0.2, -0.15) is 5.26 Å². The normalized spacial score (nSPS) is 20.6. The molecule has 2 atom stereocenters. The molecule has 2 saturated heterocycles. The lowest BCUT2D eigenvalue weighted by atomic mass is 10.0. The van der Waals surface area contributed by atoms with E-state index in [1.165, 1.54) is 6.92 Å². The first-order valence-corrected chi connectivity index (χ1v) is 13.1. The summed E-state index contributed by atoms with van der Waals surface area (Å²) in [4.78, 5) is 10.6. The molecule has 4 heterocycles. The lowest BCUT2D eigenvalue weighted by Crippen LogP contribution is -2.63. The Labute approximate surface area is 231 Å². The van der Waals surface area contributed by atoms with Crippen LogP contribution in [0.4, 0.5) is 26.1 Å². The SMILES string of the molecule is C[C@@H]1CCN(c2cc(-c3ccccc3O)nnc2N)CCN1c1ccc(C#N)c(C#CCN2CC(F)(F)[C@@H]2C)n1. The maximum Gasteiger partial charge on any atom is 0.275 e. The van der Waals surface area contributed by atoms with E-state index in [4.69, 9.17) is 10.7 Å². The molecule has 9 nitrogen and oxygen atoms in total. The van der Waals surface area contributed by atoms with Crippen LogP contribution < -0.4 is 15.5 Å². The van der Waals surface area contributed by atoms with Gasteiger partial charge in [0, 0.05) is 31.2 Å². The number of alkyl halides is 2. The van der Waals surface area contributed by atoms with Gasteiger partial charge in [-0.25, -0.2) is 13.8 Å². The number of hydrogen-bond acceptors (Lipinski definition) is 9. The number of aromatic hydroxyl groups is 1. The summed E-state index contributed by atoms with van der Waals surface area (Å²) in [5.41, 5.74) is 8.76. The van der Waals surface area contributed by atoms with Gasteiger partial charge in [0.2, 0.25) is 0 Å². The highest BCUT2D eigenvalue weighted by molar-refractivity contribution is 5.74. The Hall–Kier alpha value is -4.48. The van der Waals surface area contributed by atoms with Crippen molar-refractivity contribution in [1.29, 1.82) is 5.26 Å². The van der Waals surface area contributed by atoms with Crippen molar-refractivity contribution < 1.29 is 13.9 Å². The standard InChI is InChI=1S/C29H30F2N8O/c1-19-11-13-37(25-16-24(35-36-28(25)33)22-6-3-4-8-26(22)40)14-15-39(19)27-10-9-21(17-32)23(34-27)7-5-12-38-18-29(30,31)20(38)2/h3-4,6,8-10,16,19-20,40H,11-15,18H2,1-2H3,(H2,33,36)/t19-,20+/m1/s1. The zero-order chi connectivity index (χ0) is 28.4. The molecule has 2 fully saturated rings. The fourth-order valence-electron chi connectivity index (χ4n) is 5.01. The number of nitrogen functional groups attached to an aromatic ring is 1. The number of nitriles is 1. The van der Waals surface area contributed by atoms with Crippen molar-refractivity contribution in [2.75, 3.05) is 48.3 Å². The minimum absolute atomic E-state index is 0.117. The summed E-state index contributed by atoms with van der Waals surface area (Å²) in [6, 6.07) is 13.7. The van der Waals surface area contributed by atoms with E-state index in [9.17, 15) is 19.1 Å². The molecule has 11 heteroatoms. The topological polar surface area (TPSA) is 118 Å². The average Bonchev–Trinajstić information content (AvgIpc) is 3.14. The maximum atomic E-state index is 13.5. The third kappa shape index (κ3) is 5.33. The van der Waals surface area contributed by atoms with Gasteiger partial charge in [-0.1, -0.05) is 18.1 Å². The van der Waals surface area contributed by atoms with Gasteiger partial charge in [0.15, 0.2) is 5.82 Å². The molecule has 0 spiro atoms. The maximum absolute atomic E-state index is 13.5. The zero-order valence-electron chi connectivity index (χ0n) is 22.3. The van der Waals surface area contributed by atoms with Gasteiger partial charge < -0.3 is 20.6 Å². The minimum Gasteiger partial charge on any atom is -0.507 e. The van der Waals surface area contributed by atoms with E-state index in [0.29, 0.717) is 47.2 Å². The first-order chi connectivity index (χ1) is 19.2. The first kappa shape index (κ1) is 27.1. The minimum atomic E-state index is -2.68. The second-order valence-corrected chi connectivity index (χ2v) is 10.2. The molecule has 5 rings (SSSR count). The van der Waals surface area contributed by atoms with Gasteiger partial charge in [0.05, 0.1) is 36.1 Å². The molecule has 0 radical (unpaired) electrons. The fourth-order valence-corrected chi connectivity index (χ4v) is 5.01. The number of nitrogens with zero attached hydrogens (tertiary/aromatic N) is 7. The molecule has 1 aromatic carbocycles. The number of anilines is 3. The van der Waals surface area contributed by atoms with Crippen molar-refractivity contribution in [2.24, 2.45) is 0 Å². The van der Waals surface area contributed by atoms with Crippen molar-refractivity contribution in [3.05, 3.63) is 53.7 Å². The molecule has 3 N–H and O–H groups in total.